The number of nitrogens with zero attached hydrogens (tertiary/aromatic N) is 2. The second-order valence-electron chi connectivity index (χ2n) is 8.04. The molecule has 0 saturated carbocycles. The summed E-state index contributed by atoms with van der Waals surface area (Å²) in [5.74, 6) is 1.26. The van der Waals surface area contributed by atoms with Gasteiger partial charge in [0.1, 0.15) is 5.82 Å². The second-order valence-corrected chi connectivity index (χ2v) is 8.04. The molecule has 0 bridgehead atoms. The van der Waals surface area contributed by atoms with Gasteiger partial charge in [-0.1, -0.05) is 12.1 Å². The summed E-state index contributed by atoms with van der Waals surface area (Å²) in [6.45, 7) is 5.62. The third-order valence-electron chi connectivity index (χ3n) is 6.07. The Kier molecular flexibility index (Phi) is 5.73. The van der Waals surface area contributed by atoms with Crippen molar-refractivity contribution in [3.05, 3.63) is 40.4 Å². The monoisotopic (exact) mass is 383 g/mol. The second kappa shape index (κ2) is 8.41. The Morgan fingerprint density at radius 3 is 3.00 bits per heavy atom. The standard InChI is InChI=1S/C21H29N5O2/c1-14(19-24-17-8-3-2-7-16(17)20(27)25-19)26-11-5-6-15(13-26)12-23-21(28)18-9-4-10-22-18/h2-3,7-8,14-15,18,22H,4-6,9-13H2,1H3,(H,23,28)(H,24,25,27). The molecule has 0 aliphatic carbocycles. The molecule has 0 spiro atoms. The Morgan fingerprint density at radius 2 is 2.18 bits per heavy atom. The van der Waals surface area contributed by atoms with Gasteiger partial charge in [-0.2, -0.15) is 0 Å². The zero-order valence-electron chi connectivity index (χ0n) is 16.4. The van der Waals surface area contributed by atoms with Crippen LogP contribution >= 0.6 is 0 Å². The number of H-pyrrole nitrogens is 1. The lowest BCUT2D eigenvalue weighted by molar-refractivity contribution is -0.123. The Labute approximate surface area is 164 Å². The smallest absolute Gasteiger partial charge is 0.258 e. The largest absolute Gasteiger partial charge is 0.354 e. The molecule has 1 amide bonds. The average Bonchev–Trinajstić information content (AvgIpc) is 3.27. The lowest BCUT2D eigenvalue weighted by atomic mass is 9.96. The first kappa shape index (κ1) is 19.1. The number of carbonyl (C=O) groups excluding carboxylic acids is 1. The summed E-state index contributed by atoms with van der Waals surface area (Å²) in [6.07, 6.45) is 4.21. The van der Waals surface area contributed by atoms with E-state index in [1.165, 1.54) is 0 Å². The van der Waals surface area contributed by atoms with E-state index in [9.17, 15) is 9.59 Å². The maximum Gasteiger partial charge on any atom is 0.258 e. The molecule has 3 heterocycles. The Morgan fingerprint density at radius 1 is 1.32 bits per heavy atom. The quantitative estimate of drug-likeness (QED) is 0.729. The van der Waals surface area contributed by atoms with E-state index in [0.717, 1.165) is 50.8 Å². The minimum Gasteiger partial charge on any atom is -0.354 e. The normalized spacial score (nSPS) is 24.3. The van der Waals surface area contributed by atoms with Crippen molar-refractivity contribution in [1.29, 1.82) is 0 Å². The highest BCUT2D eigenvalue weighted by atomic mass is 16.2. The minimum absolute atomic E-state index is 0.0227. The van der Waals surface area contributed by atoms with E-state index < -0.39 is 0 Å². The number of likely N-dealkylation sites (tertiary alicyclic amines) is 1. The number of benzene rings is 1. The maximum atomic E-state index is 12.4. The van der Waals surface area contributed by atoms with Gasteiger partial charge >= 0.3 is 0 Å². The molecule has 7 nitrogen and oxygen atoms in total. The molecule has 150 valence electrons. The topological polar surface area (TPSA) is 90.1 Å². The summed E-state index contributed by atoms with van der Waals surface area (Å²) in [4.78, 5) is 34.6. The van der Waals surface area contributed by atoms with Crippen molar-refractivity contribution in [2.24, 2.45) is 5.92 Å². The van der Waals surface area contributed by atoms with Gasteiger partial charge in [-0.15, -0.1) is 0 Å². The average molecular weight is 383 g/mol. The van der Waals surface area contributed by atoms with Crippen molar-refractivity contribution in [2.45, 2.75) is 44.7 Å². The van der Waals surface area contributed by atoms with Crippen LogP contribution in [0.25, 0.3) is 10.9 Å². The maximum absolute atomic E-state index is 12.4. The van der Waals surface area contributed by atoms with Gasteiger partial charge in [0, 0.05) is 13.1 Å². The highest BCUT2D eigenvalue weighted by Crippen LogP contribution is 2.25. The Hall–Kier alpha value is -2.25. The van der Waals surface area contributed by atoms with Crippen LogP contribution in [0.3, 0.4) is 0 Å². The van der Waals surface area contributed by atoms with Crippen LogP contribution in [0.4, 0.5) is 0 Å². The molecule has 3 N–H and O–H groups in total. The van der Waals surface area contributed by atoms with Crippen LogP contribution < -0.4 is 16.2 Å². The first-order chi connectivity index (χ1) is 13.6. The van der Waals surface area contributed by atoms with Gasteiger partial charge < -0.3 is 15.6 Å². The van der Waals surface area contributed by atoms with Crippen LogP contribution in [-0.4, -0.2) is 53.0 Å². The van der Waals surface area contributed by atoms with Gasteiger partial charge in [0.05, 0.1) is 23.0 Å². The number of piperidine rings is 1. The van der Waals surface area contributed by atoms with Gasteiger partial charge in [-0.25, -0.2) is 4.98 Å². The van der Waals surface area contributed by atoms with E-state index in [2.05, 4.69) is 32.4 Å². The number of nitrogens with one attached hydrogen (secondary N) is 3. The number of aromatic nitrogens is 2. The third-order valence-corrected chi connectivity index (χ3v) is 6.07. The van der Waals surface area contributed by atoms with Crippen LogP contribution in [0.5, 0.6) is 0 Å². The van der Waals surface area contributed by atoms with Crippen molar-refractivity contribution in [1.82, 2.24) is 25.5 Å². The number of para-hydroxylation sites is 1. The minimum atomic E-state index is -0.0858. The molecule has 2 fully saturated rings. The van der Waals surface area contributed by atoms with Crippen LogP contribution in [-0.2, 0) is 4.79 Å². The lowest BCUT2D eigenvalue weighted by Crippen LogP contribution is -2.46. The molecule has 28 heavy (non-hydrogen) atoms. The molecule has 3 atom stereocenters. The Bertz CT molecular complexity index is 890. The molecule has 4 rings (SSSR count). The number of fused-ring (bicyclic) bond motifs is 1. The summed E-state index contributed by atoms with van der Waals surface area (Å²) in [5.41, 5.74) is 0.648. The first-order valence-electron chi connectivity index (χ1n) is 10.4. The fourth-order valence-corrected chi connectivity index (χ4v) is 4.37. The van der Waals surface area contributed by atoms with Gasteiger partial charge in [0.25, 0.3) is 5.56 Å². The van der Waals surface area contributed by atoms with Gasteiger partial charge in [0.15, 0.2) is 0 Å². The Balaban J connectivity index is 1.40. The summed E-state index contributed by atoms with van der Waals surface area (Å²) >= 11 is 0. The molecule has 0 radical (unpaired) electrons. The number of amides is 1. The summed E-state index contributed by atoms with van der Waals surface area (Å²) < 4.78 is 0. The van der Waals surface area contributed by atoms with Crippen molar-refractivity contribution >= 4 is 16.8 Å². The van der Waals surface area contributed by atoms with Gasteiger partial charge in [0.2, 0.25) is 5.91 Å². The molecule has 7 heteroatoms. The summed E-state index contributed by atoms with van der Waals surface area (Å²) in [5, 5.41) is 7.00. The fraction of sp³-hybridized carbons (Fsp3) is 0.571. The SMILES string of the molecule is CC(c1nc2ccccc2c(=O)[nH]1)N1CCCC(CNC(=O)C2CCCN2)C1. The van der Waals surface area contributed by atoms with E-state index in [-0.39, 0.29) is 23.6 Å². The molecule has 2 aliphatic heterocycles. The predicted octanol–water partition coefficient (Wildman–Crippen LogP) is 1.56. The number of hydrogen-bond acceptors (Lipinski definition) is 5. The molecule has 2 saturated heterocycles. The molecule has 1 aromatic carbocycles. The van der Waals surface area contributed by atoms with Crippen LogP contribution in [0.2, 0.25) is 0 Å². The van der Waals surface area contributed by atoms with E-state index in [0.29, 0.717) is 23.7 Å². The number of aromatic amines is 1. The number of hydrogen-bond donors (Lipinski definition) is 3. The van der Waals surface area contributed by atoms with Crippen molar-refractivity contribution < 1.29 is 4.79 Å². The molecule has 1 aromatic heterocycles. The van der Waals surface area contributed by atoms with E-state index in [4.69, 9.17) is 0 Å². The predicted molar refractivity (Wildman–Crippen MR) is 109 cm³/mol. The van der Waals surface area contributed by atoms with Crippen LogP contribution in [0.15, 0.2) is 29.1 Å². The molecule has 3 unspecified atom stereocenters. The van der Waals surface area contributed by atoms with Crippen molar-refractivity contribution in [3.8, 4) is 0 Å². The molecular weight excluding hydrogens is 354 g/mol. The van der Waals surface area contributed by atoms with Crippen LogP contribution in [0.1, 0.15) is 44.5 Å². The van der Waals surface area contributed by atoms with Crippen molar-refractivity contribution in [3.63, 3.8) is 0 Å². The van der Waals surface area contributed by atoms with E-state index >= 15 is 0 Å². The van der Waals surface area contributed by atoms with E-state index in [1.807, 2.05) is 18.2 Å². The summed E-state index contributed by atoms with van der Waals surface area (Å²) in [7, 11) is 0. The van der Waals surface area contributed by atoms with E-state index in [1.54, 1.807) is 6.07 Å². The van der Waals surface area contributed by atoms with Gasteiger partial charge in [-0.3, -0.25) is 14.5 Å². The summed E-state index contributed by atoms with van der Waals surface area (Å²) in [6, 6.07) is 7.45. The zero-order chi connectivity index (χ0) is 19.5. The molecule has 2 aliphatic rings. The zero-order valence-corrected chi connectivity index (χ0v) is 16.4. The highest BCUT2D eigenvalue weighted by Gasteiger charge is 2.27. The highest BCUT2D eigenvalue weighted by molar-refractivity contribution is 5.82. The molecule has 2 aromatic rings. The van der Waals surface area contributed by atoms with Gasteiger partial charge in [-0.05, 0) is 63.7 Å². The van der Waals surface area contributed by atoms with Crippen LogP contribution in [0, 0.1) is 5.92 Å². The number of carbonyl (C=O) groups is 1. The first-order valence-corrected chi connectivity index (χ1v) is 10.4. The number of rotatable bonds is 5. The molecular formula is C21H29N5O2. The lowest BCUT2D eigenvalue weighted by Gasteiger charge is -2.36. The fourth-order valence-electron chi connectivity index (χ4n) is 4.37. The van der Waals surface area contributed by atoms with Crippen molar-refractivity contribution in [2.75, 3.05) is 26.2 Å². The third kappa shape index (κ3) is 4.10.